The molecule has 0 radical (unpaired) electrons. The quantitative estimate of drug-likeness (QED) is 0.498. The molecule has 33 heavy (non-hydrogen) atoms. The third-order valence-corrected chi connectivity index (χ3v) is 6.69. The second-order valence-electron chi connectivity index (χ2n) is 9.14. The summed E-state index contributed by atoms with van der Waals surface area (Å²) >= 11 is 0. The van der Waals surface area contributed by atoms with E-state index in [9.17, 15) is 28.9 Å². The van der Waals surface area contributed by atoms with Crippen LogP contribution in [0.25, 0.3) is 11.3 Å². The van der Waals surface area contributed by atoms with Crippen molar-refractivity contribution in [1.29, 1.82) is 0 Å². The van der Waals surface area contributed by atoms with Gasteiger partial charge < -0.3 is 25.5 Å². The molecule has 3 unspecified atom stereocenters. The number of nitrogens with one attached hydrogen (secondary N) is 1. The van der Waals surface area contributed by atoms with Crippen molar-refractivity contribution in [3.8, 4) is 11.3 Å². The molecule has 180 valence electrons. The van der Waals surface area contributed by atoms with Crippen LogP contribution in [0, 0.1) is 23.5 Å². The van der Waals surface area contributed by atoms with Crippen molar-refractivity contribution >= 4 is 11.8 Å². The van der Waals surface area contributed by atoms with Crippen LogP contribution in [-0.4, -0.2) is 51.1 Å². The van der Waals surface area contributed by atoms with Crippen molar-refractivity contribution in [3.05, 3.63) is 47.7 Å². The van der Waals surface area contributed by atoms with Crippen LogP contribution < -0.4 is 10.2 Å². The molecule has 1 saturated heterocycles. The Morgan fingerprint density at radius 3 is 2.58 bits per heavy atom. The number of aliphatic hydroxyl groups is 2. The highest BCUT2D eigenvalue weighted by Crippen LogP contribution is 2.35. The summed E-state index contributed by atoms with van der Waals surface area (Å²) in [6, 6.07) is 5.08. The zero-order valence-corrected chi connectivity index (χ0v) is 19.1. The fourth-order valence-corrected chi connectivity index (χ4v) is 4.50. The summed E-state index contributed by atoms with van der Waals surface area (Å²) in [5.74, 6) is -1.95. The number of benzene rings is 1. The van der Waals surface area contributed by atoms with Gasteiger partial charge in [-0.3, -0.25) is 4.98 Å². The molecule has 1 fully saturated rings. The van der Waals surface area contributed by atoms with Gasteiger partial charge in [-0.15, -0.1) is 0 Å². The van der Waals surface area contributed by atoms with Gasteiger partial charge in [0.05, 0.1) is 35.8 Å². The number of rotatable bonds is 7. The monoisotopic (exact) mass is 463 g/mol. The molecular formula is C24H31F2N3O4. The molecule has 9 heteroatoms. The number of carboxylic acid groups (broad SMARTS) is 1. The largest absolute Gasteiger partial charge is 0.465 e. The first-order valence-corrected chi connectivity index (χ1v) is 11.1. The van der Waals surface area contributed by atoms with E-state index in [0.29, 0.717) is 41.9 Å². The van der Waals surface area contributed by atoms with Crippen LogP contribution in [0.2, 0.25) is 0 Å². The fourth-order valence-electron chi connectivity index (χ4n) is 4.50. The molecule has 7 nitrogen and oxygen atoms in total. The van der Waals surface area contributed by atoms with E-state index < -0.39 is 29.4 Å². The van der Waals surface area contributed by atoms with Gasteiger partial charge in [-0.2, -0.15) is 0 Å². The molecule has 1 aliphatic rings. The van der Waals surface area contributed by atoms with E-state index in [2.05, 4.69) is 10.3 Å². The van der Waals surface area contributed by atoms with Gasteiger partial charge in [0.2, 0.25) is 0 Å². The number of nitrogens with zero attached hydrogens (tertiary/aromatic N) is 2. The highest BCUT2D eigenvalue weighted by molar-refractivity contribution is 5.67. The topological polar surface area (TPSA) is 106 Å². The first kappa shape index (κ1) is 24.9. The van der Waals surface area contributed by atoms with Gasteiger partial charge >= 0.3 is 6.09 Å². The summed E-state index contributed by atoms with van der Waals surface area (Å²) < 4.78 is 27.0. The summed E-state index contributed by atoms with van der Waals surface area (Å²) in [5, 5.41) is 33.3. The Morgan fingerprint density at radius 1 is 1.24 bits per heavy atom. The Morgan fingerprint density at radius 2 is 1.97 bits per heavy atom. The van der Waals surface area contributed by atoms with Crippen LogP contribution in [0.5, 0.6) is 0 Å². The molecule has 1 aromatic carbocycles. The van der Waals surface area contributed by atoms with Gasteiger partial charge in [0.1, 0.15) is 0 Å². The lowest BCUT2D eigenvalue weighted by molar-refractivity contribution is -0.00332. The van der Waals surface area contributed by atoms with Gasteiger partial charge in [0, 0.05) is 24.2 Å². The minimum atomic E-state index is -1.21. The Balaban J connectivity index is 1.95. The smallest absolute Gasteiger partial charge is 0.405 e. The molecule has 3 rings (SSSR count). The zero-order chi connectivity index (χ0) is 24.3. The molecule has 0 spiro atoms. The van der Waals surface area contributed by atoms with E-state index in [1.807, 2.05) is 25.7 Å². The predicted molar refractivity (Wildman–Crippen MR) is 121 cm³/mol. The Bertz CT molecular complexity index is 1000. The number of anilines is 1. The van der Waals surface area contributed by atoms with Gasteiger partial charge in [0.15, 0.2) is 11.6 Å². The summed E-state index contributed by atoms with van der Waals surface area (Å²) in [5.41, 5.74) is 0.782. The second-order valence-corrected chi connectivity index (χ2v) is 9.14. The van der Waals surface area contributed by atoms with Crippen molar-refractivity contribution in [2.24, 2.45) is 11.8 Å². The van der Waals surface area contributed by atoms with Crippen molar-refractivity contribution in [2.45, 2.75) is 51.9 Å². The molecule has 1 aromatic heterocycles. The SMILES string of the molecule is CC(C)C(C)C(O)C1(NC(=O)O)CCCN(c2cnc(-c3ccc(F)c(F)c3)cc2CO)C1. The first-order chi connectivity index (χ1) is 15.6. The maximum atomic E-state index is 13.7. The first-order valence-electron chi connectivity index (χ1n) is 11.1. The van der Waals surface area contributed by atoms with E-state index in [1.165, 1.54) is 12.3 Å². The lowest BCUT2D eigenvalue weighted by Gasteiger charge is -2.48. The summed E-state index contributed by atoms with van der Waals surface area (Å²) in [6.07, 6.45) is 0.516. The Labute approximate surface area is 192 Å². The highest BCUT2D eigenvalue weighted by atomic mass is 19.2. The molecule has 0 aliphatic carbocycles. The molecule has 2 aromatic rings. The van der Waals surface area contributed by atoms with Crippen molar-refractivity contribution in [3.63, 3.8) is 0 Å². The number of aliphatic hydroxyl groups excluding tert-OH is 2. The van der Waals surface area contributed by atoms with Crippen molar-refractivity contribution in [2.75, 3.05) is 18.0 Å². The molecule has 2 heterocycles. The number of carbonyl (C=O) groups is 1. The van der Waals surface area contributed by atoms with Crippen LogP contribution >= 0.6 is 0 Å². The van der Waals surface area contributed by atoms with E-state index in [-0.39, 0.29) is 25.0 Å². The maximum Gasteiger partial charge on any atom is 0.405 e. The highest BCUT2D eigenvalue weighted by Gasteiger charge is 2.46. The van der Waals surface area contributed by atoms with Crippen molar-refractivity contribution < 1.29 is 28.9 Å². The molecule has 3 atom stereocenters. The van der Waals surface area contributed by atoms with Crippen LogP contribution in [-0.2, 0) is 6.61 Å². The van der Waals surface area contributed by atoms with Gasteiger partial charge in [0.25, 0.3) is 0 Å². The molecule has 1 amide bonds. The van der Waals surface area contributed by atoms with Crippen molar-refractivity contribution in [1.82, 2.24) is 10.3 Å². The molecular weight excluding hydrogens is 432 g/mol. The molecule has 4 N–H and O–H groups in total. The number of pyridine rings is 1. The van der Waals surface area contributed by atoms with Gasteiger partial charge in [-0.1, -0.05) is 20.8 Å². The maximum absolute atomic E-state index is 13.7. The number of amides is 1. The Hall–Kier alpha value is -2.78. The lowest BCUT2D eigenvalue weighted by atomic mass is 9.75. The summed E-state index contributed by atoms with van der Waals surface area (Å²) in [6.45, 7) is 6.33. The average molecular weight is 464 g/mol. The second kappa shape index (κ2) is 10.0. The van der Waals surface area contributed by atoms with Crippen LogP contribution in [0.1, 0.15) is 39.2 Å². The van der Waals surface area contributed by atoms with Crippen LogP contribution in [0.3, 0.4) is 0 Å². The fraction of sp³-hybridized carbons (Fsp3) is 0.500. The number of hydrogen-bond acceptors (Lipinski definition) is 5. The van der Waals surface area contributed by atoms with Gasteiger partial charge in [-0.25, -0.2) is 13.6 Å². The van der Waals surface area contributed by atoms with E-state index >= 15 is 0 Å². The Kier molecular flexibility index (Phi) is 7.54. The van der Waals surface area contributed by atoms with Crippen LogP contribution in [0.4, 0.5) is 19.3 Å². The third kappa shape index (κ3) is 5.25. The molecule has 0 bridgehead atoms. The van der Waals surface area contributed by atoms with E-state index in [0.717, 1.165) is 12.1 Å². The summed E-state index contributed by atoms with van der Waals surface area (Å²) in [4.78, 5) is 17.9. The predicted octanol–water partition coefficient (Wildman–Crippen LogP) is 3.78. The minimum Gasteiger partial charge on any atom is -0.465 e. The van der Waals surface area contributed by atoms with Gasteiger partial charge in [-0.05, 0) is 48.9 Å². The summed E-state index contributed by atoms with van der Waals surface area (Å²) in [7, 11) is 0. The van der Waals surface area contributed by atoms with E-state index in [4.69, 9.17) is 0 Å². The lowest BCUT2D eigenvalue weighted by Crippen LogP contribution is -2.66. The average Bonchev–Trinajstić information content (AvgIpc) is 2.79. The standard InChI is InChI=1S/C24H31F2N3O4/c1-14(2)15(3)22(31)24(28-23(32)33)7-4-8-29(13-24)21-11-27-20(10-17(21)12-30)16-5-6-18(25)19(26)9-16/h5-6,9-11,14-15,22,28,30-31H,4,7-8,12-13H2,1-3H3,(H,32,33). The number of piperidine rings is 1. The number of halogens is 2. The third-order valence-electron chi connectivity index (χ3n) is 6.69. The normalized spacial score (nSPS) is 20.5. The van der Waals surface area contributed by atoms with Crippen LogP contribution in [0.15, 0.2) is 30.5 Å². The zero-order valence-electron chi connectivity index (χ0n) is 19.1. The molecule has 1 aliphatic heterocycles. The number of hydrogen-bond donors (Lipinski definition) is 4. The minimum absolute atomic E-state index is 0.146. The van der Waals surface area contributed by atoms with E-state index in [1.54, 1.807) is 6.07 Å². The number of aromatic nitrogens is 1. The molecule has 0 saturated carbocycles.